The van der Waals surface area contributed by atoms with Gasteiger partial charge in [0.25, 0.3) is 0 Å². The van der Waals surface area contributed by atoms with Gasteiger partial charge >= 0.3 is 5.97 Å². The molecule has 16 heavy (non-hydrogen) atoms. The van der Waals surface area contributed by atoms with Crippen LogP contribution in [0, 0.1) is 6.92 Å². The van der Waals surface area contributed by atoms with Crippen LogP contribution in [0.25, 0.3) is 0 Å². The van der Waals surface area contributed by atoms with Crippen molar-refractivity contribution in [3.8, 4) is 0 Å². The molecule has 0 spiro atoms. The number of carboxylic acids is 1. The monoisotopic (exact) mass is 220 g/mol. The normalized spacial score (nSPS) is 18.3. The Bertz CT molecular complexity index is 457. The van der Waals surface area contributed by atoms with Crippen molar-refractivity contribution in [2.24, 2.45) is 0 Å². The fourth-order valence-electron chi connectivity index (χ4n) is 1.68. The Hall–Kier alpha value is -2.04. The van der Waals surface area contributed by atoms with Crippen LogP contribution in [0.4, 0.5) is 11.4 Å². The maximum Gasteiger partial charge on any atom is 0.305 e. The number of hydrogen-bond acceptors (Lipinski definition) is 3. The van der Waals surface area contributed by atoms with Crippen molar-refractivity contribution >= 4 is 23.3 Å². The fraction of sp³-hybridized carbons (Fsp3) is 0.273. The SMILES string of the molecule is Cc1ccc2c(c1)NC(CC(=O)O)C(=O)N2. The van der Waals surface area contributed by atoms with Gasteiger partial charge < -0.3 is 15.7 Å². The van der Waals surface area contributed by atoms with Crippen LogP contribution in [-0.2, 0) is 9.59 Å². The third-order valence-corrected chi connectivity index (χ3v) is 2.46. The molecule has 5 nitrogen and oxygen atoms in total. The molecule has 1 aliphatic heterocycles. The van der Waals surface area contributed by atoms with Gasteiger partial charge in [-0.3, -0.25) is 9.59 Å². The average Bonchev–Trinajstić information content (AvgIpc) is 2.19. The summed E-state index contributed by atoms with van der Waals surface area (Å²) in [6, 6.07) is 4.86. The second-order valence-electron chi connectivity index (χ2n) is 3.83. The molecule has 1 aromatic rings. The molecule has 0 fully saturated rings. The van der Waals surface area contributed by atoms with Crippen LogP contribution >= 0.6 is 0 Å². The molecule has 1 atom stereocenters. The lowest BCUT2D eigenvalue weighted by Gasteiger charge is -2.26. The number of carbonyl (C=O) groups excluding carboxylic acids is 1. The van der Waals surface area contributed by atoms with Crippen molar-refractivity contribution in [1.29, 1.82) is 0 Å². The predicted octanol–water partition coefficient (Wildman–Crippen LogP) is 1.20. The van der Waals surface area contributed by atoms with Gasteiger partial charge in [-0.25, -0.2) is 0 Å². The molecule has 0 saturated heterocycles. The van der Waals surface area contributed by atoms with E-state index in [0.717, 1.165) is 11.3 Å². The molecule has 0 aromatic heterocycles. The third-order valence-electron chi connectivity index (χ3n) is 2.46. The summed E-state index contributed by atoms with van der Waals surface area (Å²) in [6.07, 6.45) is -0.223. The van der Waals surface area contributed by atoms with Gasteiger partial charge in [-0.2, -0.15) is 0 Å². The van der Waals surface area contributed by atoms with E-state index in [1.165, 1.54) is 0 Å². The number of rotatable bonds is 2. The highest BCUT2D eigenvalue weighted by atomic mass is 16.4. The maximum atomic E-state index is 11.5. The molecule has 0 saturated carbocycles. The summed E-state index contributed by atoms with van der Waals surface area (Å²) in [4.78, 5) is 22.1. The molecule has 3 N–H and O–H groups in total. The zero-order valence-electron chi connectivity index (χ0n) is 8.78. The molecule has 0 aliphatic carbocycles. The van der Waals surface area contributed by atoms with Crippen molar-refractivity contribution < 1.29 is 14.7 Å². The number of hydrogen-bond donors (Lipinski definition) is 3. The van der Waals surface area contributed by atoms with Crippen LogP contribution in [0.2, 0.25) is 0 Å². The Balaban J connectivity index is 2.26. The number of benzene rings is 1. The third kappa shape index (κ3) is 1.98. The van der Waals surface area contributed by atoms with Crippen molar-refractivity contribution in [2.75, 3.05) is 10.6 Å². The Morgan fingerprint density at radius 2 is 2.19 bits per heavy atom. The van der Waals surface area contributed by atoms with Gasteiger partial charge in [0.2, 0.25) is 5.91 Å². The second kappa shape index (κ2) is 3.84. The van der Waals surface area contributed by atoms with E-state index >= 15 is 0 Å². The van der Waals surface area contributed by atoms with E-state index in [4.69, 9.17) is 5.11 Å². The quantitative estimate of drug-likeness (QED) is 0.699. The van der Waals surface area contributed by atoms with Crippen LogP contribution in [0.5, 0.6) is 0 Å². The molecule has 1 aromatic carbocycles. The number of carboxylic acid groups (broad SMARTS) is 1. The number of nitrogens with one attached hydrogen (secondary N) is 2. The molecule has 1 heterocycles. The average molecular weight is 220 g/mol. The van der Waals surface area contributed by atoms with Crippen LogP contribution in [0.1, 0.15) is 12.0 Å². The van der Waals surface area contributed by atoms with E-state index in [1.54, 1.807) is 6.07 Å². The van der Waals surface area contributed by atoms with Gasteiger partial charge in [0.05, 0.1) is 17.8 Å². The van der Waals surface area contributed by atoms with Crippen LogP contribution < -0.4 is 10.6 Å². The minimum Gasteiger partial charge on any atom is -0.481 e. The van der Waals surface area contributed by atoms with E-state index in [2.05, 4.69) is 10.6 Å². The first-order valence-electron chi connectivity index (χ1n) is 4.96. The van der Waals surface area contributed by atoms with Gasteiger partial charge in [0.1, 0.15) is 6.04 Å². The lowest BCUT2D eigenvalue weighted by Crippen LogP contribution is -2.40. The van der Waals surface area contributed by atoms with E-state index in [-0.39, 0.29) is 12.3 Å². The summed E-state index contributed by atoms with van der Waals surface area (Å²) in [5.41, 5.74) is 2.51. The molecule has 1 amide bonds. The van der Waals surface area contributed by atoms with Crippen molar-refractivity contribution in [3.05, 3.63) is 23.8 Å². The Kier molecular flexibility index (Phi) is 2.52. The molecule has 0 radical (unpaired) electrons. The van der Waals surface area contributed by atoms with Crippen molar-refractivity contribution in [1.82, 2.24) is 0 Å². The van der Waals surface area contributed by atoms with E-state index in [1.807, 2.05) is 19.1 Å². The summed E-state index contributed by atoms with van der Waals surface area (Å²) in [7, 11) is 0. The predicted molar refractivity (Wildman–Crippen MR) is 59.5 cm³/mol. The standard InChI is InChI=1S/C11H12N2O3/c1-6-2-3-7-8(4-6)12-9(5-10(14)15)11(16)13-7/h2-4,9,12H,5H2,1H3,(H,13,16)(H,14,15). The van der Waals surface area contributed by atoms with Gasteiger partial charge in [0, 0.05) is 0 Å². The van der Waals surface area contributed by atoms with Gasteiger partial charge in [0.15, 0.2) is 0 Å². The van der Waals surface area contributed by atoms with Crippen molar-refractivity contribution in [2.45, 2.75) is 19.4 Å². The minimum atomic E-state index is -0.997. The molecule has 1 unspecified atom stereocenters. The molecule has 2 rings (SSSR count). The minimum absolute atomic E-state index is 0.223. The highest BCUT2D eigenvalue weighted by molar-refractivity contribution is 6.04. The zero-order valence-corrected chi connectivity index (χ0v) is 8.78. The molecular formula is C11H12N2O3. The van der Waals surface area contributed by atoms with Gasteiger partial charge in [-0.05, 0) is 24.6 Å². The largest absolute Gasteiger partial charge is 0.481 e. The number of carbonyl (C=O) groups is 2. The van der Waals surface area contributed by atoms with Crippen LogP contribution in [0.15, 0.2) is 18.2 Å². The first-order valence-corrected chi connectivity index (χ1v) is 4.96. The summed E-state index contributed by atoms with van der Waals surface area (Å²) < 4.78 is 0. The number of amides is 1. The van der Waals surface area contributed by atoms with Crippen LogP contribution in [0.3, 0.4) is 0 Å². The summed E-state index contributed by atoms with van der Waals surface area (Å²) >= 11 is 0. The summed E-state index contributed by atoms with van der Waals surface area (Å²) in [5, 5.41) is 14.3. The van der Waals surface area contributed by atoms with Crippen molar-refractivity contribution in [3.63, 3.8) is 0 Å². The fourth-order valence-corrected chi connectivity index (χ4v) is 1.68. The Morgan fingerprint density at radius 3 is 2.88 bits per heavy atom. The molecule has 0 bridgehead atoms. The lowest BCUT2D eigenvalue weighted by molar-refractivity contribution is -0.138. The van der Waals surface area contributed by atoms with Gasteiger partial charge in [-0.1, -0.05) is 6.07 Å². The van der Waals surface area contributed by atoms with E-state index < -0.39 is 12.0 Å². The smallest absolute Gasteiger partial charge is 0.305 e. The molecular weight excluding hydrogens is 208 g/mol. The second-order valence-corrected chi connectivity index (χ2v) is 3.83. The highest BCUT2D eigenvalue weighted by Gasteiger charge is 2.27. The topological polar surface area (TPSA) is 78.4 Å². The Labute approximate surface area is 92.5 Å². The number of anilines is 2. The number of aliphatic carboxylic acids is 1. The zero-order chi connectivity index (χ0) is 11.7. The molecule has 1 aliphatic rings. The first-order chi connectivity index (χ1) is 7.56. The van der Waals surface area contributed by atoms with E-state index in [9.17, 15) is 9.59 Å². The summed E-state index contributed by atoms with van der Waals surface area (Å²) in [5.74, 6) is -1.30. The lowest BCUT2D eigenvalue weighted by atomic mass is 10.1. The van der Waals surface area contributed by atoms with Crippen LogP contribution in [-0.4, -0.2) is 23.0 Å². The molecule has 84 valence electrons. The molecule has 5 heteroatoms. The number of aryl methyl sites for hydroxylation is 1. The van der Waals surface area contributed by atoms with E-state index in [0.29, 0.717) is 5.69 Å². The maximum absolute atomic E-state index is 11.5. The summed E-state index contributed by atoms with van der Waals surface area (Å²) in [6.45, 7) is 1.94. The highest BCUT2D eigenvalue weighted by Crippen LogP contribution is 2.28. The number of fused-ring (bicyclic) bond motifs is 1. The first kappa shape index (κ1) is 10.5. The Morgan fingerprint density at radius 1 is 1.44 bits per heavy atom. The van der Waals surface area contributed by atoms with Gasteiger partial charge in [-0.15, -0.1) is 0 Å².